The molecule has 4 aromatic rings. The van der Waals surface area contributed by atoms with Crippen LogP contribution in [0, 0.1) is 5.82 Å². The van der Waals surface area contributed by atoms with Gasteiger partial charge in [-0.25, -0.2) is 9.37 Å². The Morgan fingerprint density at radius 2 is 1.49 bits per heavy atom. The Morgan fingerprint density at radius 1 is 0.829 bits per heavy atom. The number of nitrogens with zero attached hydrogens (tertiary/aromatic N) is 1. The van der Waals surface area contributed by atoms with E-state index in [0.29, 0.717) is 12.1 Å². The topological polar surface area (TPSA) is 71.1 Å². The molecule has 0 aliphatic heterocycles. The predicted octanol–water partition coefficient (Wildman–Crippen LogP) is 5.49. The number of carbonyl (C=O) groups excluding carboxylic acids is 2. The minimum Gasteiger partial charge on any atom is -0.339 e. The molecular weight excluding hydrogens is 461 g/mol. The van der Waals surface area contributed by atoms with Crippen molar-refractivity contribution in [3.05, 3.63) is 126 Å². The van der Waals surface area contributed by atoms with E-state index in [1.54, 1.807) is 11.8 Å². The largest absolute Gasteiger partial charge is 0.339 e. The highest BCUT2D eigenvalue weighted by Crippen LogP contribution is 2.24. The second-order valence-electron chi connectivity index (χ2n) is 7.87. The van der Waals surface area contributed by atoms with Gasteiger partial charge in [0.2, 0.25) is 5.91 Å². The first-order chi connectivity index (χ1) is 17.1. The second kappa shape index (κ2) is 11.9. The molecule has 0 spiro atoms. The summed E-state index contributed by atoms with van der Waals surface area (Å²) in [5, 5.41) is 5.62. The first-order valence-electron chi connectivity index (χ1n) is 11.1. The number of hydrogen-bond donors (Lipinski definition) is 2. The van der Waals surface area contributed by atoms with Gasteiger partial charge in [0, 0.05) is 22.8 Å². The van der Waals surface area contributed by atoms with Crippen molar-refractivity contribution in [1.82, 2.24) is 10.3 Å². The number of halogens is 1. The van der Waals surface area contributed by atoms with Gasteiger partial charge in [-0.15, -0.1) is 11.8 Å². The summed E-state index contributed by atoms with van der Waals surface area (Å²) in [5.41, 5.74) is 2.81. The molecule has 0 saturated heterocycles. The molecular formula is C28H24FN3O2S. The molecule has 35 heavy (non-hydrogen) atoms. The number of rotatable bonds is 9. The lowest BCUT2D eigenvalue weighted by Crippen LogP contribution is -2.45. The van der Waals surface area contributed by atoms with Crippen LogP contribution in [0.3, 0.4) is 0 Å². The third-order valence-electron chi connectivity index (χ3n) is 5.23. The highest BCUT2D eigenvalue weighted by molar-refractivity contribution is 7.98. The maximum atomic E-state index is 13.2. The Kier molecular flexibility index (Phi) is 8.25. The number of benzene rings is 3. The van der Waals surface area contributed by atoms with Gasteiger partial charge in [0.15, 0.2) is 0 Å². The lowest BCUT2D eigenvalue weighted by Gasteiger charge is -2.19. The molecule has 2 amide bonds. The van der Waals surface area contributed by atoms with Gasteiger partial charge in [-0.2, -0.15) is 0 Å². The summed E-state index contributed by atoms with van der Waals surface area (Å²) < 4.78 is 13.2. The van der Waals surface area contributed by atoms with E-state index < -0.39 is 17.8 Å². The van der Waals surface area contributed by atoms with Gasteiger partial charge >= 0.3 is 0 Å². The Bertz CT molecular complexity index is 1250. The zero-order valence-corrected chi connectivity index (χ0v) is 19.7. The average Bonchev–Trinajstić information content (AvgIpc) is 2.89. The molecule has 1 heterocycles. The smallest absolute Gasteiger partial charge is 0.270 e. The number of anilines is 1. The normalized spacial score (nSPS) is 11.5. The molecule has 0 fully saturated rings. The second-order valence-corrected chi connectivity index (χ2v) is 8.91. The van der Waals surface area contributed by atoms with Crippen molar-refractivity contribution in [2.24, 2.45) is 0 Å². The summed E-state index contributed by atoms with van der Waals surface area (Å²) in [6.45, 7) is 0. The summed E-state index contributed by atoms with van der Waals surface area (Å²) in [5.74, 6) is -0.581. The maximum Gasteiger partial charge on any atom is 0.270 e. The zero-order chi connectivity index (χ0) is 24.5. The van der Waals surface area contributed by atoms with E-state index in [0.717, 1.165) is 28.5 Å². The molecule has 7 heteroatoms. The van der Waals surface area contributed by atoms with Crippen LogP contribution in [0.25, 0.3) is 0 Å². The van der Waals surface area contributed by atoms with Crippen molar-refractivity contribution < 1.29 is 14.0 Å². The summed E-state index contributed by atoms with van der Waals surface area (Å²) in [6.07, 6.45) is 1.27. The minimum absolute atomic E-state index is 0.0389. The first-order valence-corrected chi connectivity index (χ1v) is 12.1. The van der Waals surface area contributed by atoms with Crippen molar-refractivity contribution in [2.45, 2.75) is 23.1 Å². The molecule has 0 aliphatic carbocycles. The summed E-state index contributed by atoms with van der Waals surface area (Å²) in [4.78, 5) is 30.7. The molecule has 4 rings (SSSR count). The highest BCUT2D eigenvalue weighted by atomic mass is 32.2. The van der Waals surface area contributed by atoms with Crippen molar-refractivity contribution in [3.63, 3.8) is 0 Å². The number of amides is 2. The van der Waals surface area contributed by atoms with E-state index in [9.17, 15) is 14.0 Å². The van der Waals surface area contributed by atoms with Gasteiger partial charge in [-0.3, -0.25) is 9.59 Å². The fraction of sp³-hybridized carbons (Fsp3) is 0.107. The van der Waals surface area contributed by atoms with Crippen LogP contribution in [0.15, 0.2) is 108 Å². The molecule has 2 N–H and O–H groups in total. The number of aromatic nitrogens is 1. The molecule has 1 aromatic heterocycles. The van der Waals surface area contributed by atoms with Crippen molar-refractivity contribution >= 4 is 29.3 Å². The lowest BCUT2D eigenvalue weighted by molar-refractivity contribution is -0.118. The molecule has 5 nitrogen and oxygen atoms in total. The first kappa shape index (κ1) is 24.2. The van der Waals surface area contributed by atoms with E-state index in [1.165, 1.54) is 11.6 Å². The number of hydrogen-bond acceptors (Lipinski definition) is 4. The number of pyridine rings is 1. The van der Waals surface area contributed by atoms with E-state index in [2.05, 4.69) is 27.8 Å². The summed E-state index contributed by atoms with van der Waals surface area (Å²) in [7, 11) is 0. The predicted molar refractivity (Wildman–Crippen MR) is 137 cm³/mol. The van der Waals surface area contributed by atoms with Crippen molar-refractivity contribution in [1.29, 1.82) is 0 Å². The highest BCUT2D eigenvalue weighted by Gasteiger charge is 2.23. The minimum atomic E-state index is -0.844. The molecule has 0 radical (unpaired) electrons. The van der Waals surface area contributed by atoms with Crippen molar-refractivity contribution in [3.8, 4) is 0 Å². The lowest BCUT2D eigenvalue weighted by atomic mass is 10.0. The van der Waals surface area contributed by atoms with Crippen LogP contribution in [0.2, 0.25) is 0 Å². The maximum absolute atomic E-state index is 13.2. The monoisotopic (exact) mass is 485 g/mol. The summed E-state index contributed by atoms with van der Waals surface area (Å²) >= 11 is 1.71. The molecule has 176 valence electrons. The van der Waals surface area contributed by atoms with Crippen molar-refractivity contribution in [2.75, 3.05) is 5.32 Å². The number of thioether (sulfide) groups is 1. The van der Waals surface area contributed by atoms with Gasteiger partial charge in [-0.05, 0) is 47.5 Å². The Morgan fingerprint density at radius 3 is 2.11 bits per heavy atom. The SMILES string of the molecule is O=C(N[C@@H](Cc1ccccc1)C(=O)Nc1ccc(SCc2ccccc2)cc1)c1ccc(F)cn1. The fourth-order valence-corrected chi connectivity index (χ4v) is 4.26. The van der Waals surface area contributed by atoms with Gasteiger partial charge in [0.1, 0.15) is 17.6 Å². The van der Waals surface area contributed by atoms with Crippen LogP contribution in [0.4, 0.5) is 10.1 Å². The Hall–Kier alpha value is -3.97. The van der Waals surface area contributed by atoms with Gasteiger partial charge < -0.3 is 10.6 Å². The standard InChI is InChI=1S/C28H24FN3O2S/c29-22-11-16-25(30-18-22)27(33)32-26(17-20-7-3-1-4-8-20)28(34)31-23-12-14-24(15-13-23)35-19-21-9-5-2-6-10-21/h1-16,18,26H,17,19H2,(H,31,34)(H,32,33)/t26-/m0/s1. The molecule has 0 bridgehead atoms. The molecule has 3 aromatic carbocycles. The summed E-state index contributed by atoms with van der Waals surface area (Å²) in [6, 6.07) is 28.8. The van der Waals surface area contributed by atoms with E-state index >= 15 is 0 Å². The van der Waals surface area contributed by atoms with E-state index in [1.807, 2.05) is 72.8 Å². The average molecular weight is 486 g/mol. The van der Waals surface area contributed by atoms with Crippen LogP contribution in [-0.4, -0.2) is 22.8 Å². The van der Waals surface area contributed by atoms with Crippen LogP contribution < -0.4 is 10.6 Å². The fourth-order valence-electron chi connectivity index (χ4n) is 3.41. The zero-order valence-electron chi connectivity index (χ0n) is 18.9. The number of carbonyl (C=O) groups is 2. The van der Waals surface area contributed by atoms with E-state index in [4.69, 9.17) is 0 Å². The number of nitrogens with one attached hydrogen (secondary N) is 2. The van der Waals surface area contributed by atoms with Crippen LogP contribution >= 0.6 is 11.8 Å². The van der Waals surface area contributed by atoms with Gasteiger partial charge in [0.25, 0.3) is 5.91 Å². The third-order valence-corrected chi connectivity index (χ3v) is 6.32. The van der Waals surface area contributed by atoms with Crippen LogP contribution in [0.5, 0.6) is 0 Å². The molecule has 0 unspecified atom stereocenters. The molecule has 0 aliphatic rings. The van der Waals surface area contributed by atoms with Crippen LogP contribution in [0.1, 0.15) is 21.6 Å². The Labute approximate surface area is 207 Å². The van der Waals surface area contributed by atoms with Crippen LogP contribution in [-0.2, 0) is 17.0 Å². The van der Waals surface area contributed by atoms with E-state index in [-0.39, 0.29) is 11.6 Å². The Balaban J connectivity index is 1.42. The van der Waals surface area contributed by atoms with Gasteiger partial charge in [0.05, 0.1) is 6.20 Å². The third kappa shape index (κ3) is 7.25. The quantitative estimate of drug-likeness (QED) is 0.308. The van der Waals surface area contributed by atoms with Gasteiger partial charge in [-0.1, -0.05) is 60.7 Å². The molecule has 1 atom stereocenters. The molecule has 0 saturated carbocycles.